The van der Waals surface area contributed by atoms with Crippen LogP contribution in [0.3, 0.4) is 0 Å². The Kier molecular flexibility index (Phi) is 4.52. The van der Waals surface area contributed by atoms with Crippen LogP contribution in [0.15, 0.2) is 12.1 Å². The number of aromatic carboxylic acids is 1. The van der Waals surface area contributed by atoms with Crippen molar-refractivity contribution in [2.75, 3.05) is 6.61 Å². The standard InChI is InChI=1S/C14H15F2NO4/c15-10-4-8(9(14(20)21)5-11(10)16)13(19)17-12-3-1-2-7(12)6-18/h4-5,7,12,18H,1-3,6H2,(H,17,19)(H,20,21). The molecule has 1 aromatic carbocycles. The Morgan fingerprint density at radius 2 is 1.81 bits per heavy atom. The summed E-state index contributed by atoms with van der Waals surface area (Å²) in [6.07, 6.45) is 2.24. The lowest BCUT2D eigenvalue weighted by molar-refractivity contribution is 0.0689. The van der Waals surface area contributed by atoms with Crippen molar-refractivity contribution in [1.29, 1.82) is 0 Å². The van der Waals surface area contributed by atoms with Crippen molar-refractivity contribution in [3.05, 3.63) is 34.9 Å². The fourth-order valence-corrected chi connectivity index (χ4v) is 2.60. The maximum atomic E-state index is 13.3. The van der Waals surface area contributed by atoms with E-state index in [0.29, 0.717) is 18.6 Å². The normalized spacial score (nSPS) is 21.3. The van der Waals surface area contributed by atoms with Crippen molar-refractivity contribution in [1.82, 2.24) is 5.32 Å². The van der Waals surface area contributed by atoms with E-state index in [1.165, 1.54) is 0 Å². The molecule has 0 aromatic heterocycles. The zero-order valence-corrected chi connectivity index (χ0v) is 11.1. The molecule has 0 bridgehead atoms. The fraction of sp³-hybridized carbons (Fsp3) is 0.429. The minimum absolute atomic E-state index is 0.0888. The first kappa shape index (κ1) is 15.4. The molecule has 1 amide bonds. The molecule has 2 unspecified atom stereocenters. The molecule has 1 aliphatic carbocycles. The predicted molar refractivity (Wildman–Crippen MR) is 69.0 cm³/mol. The van der Waals surface area contributed by atoms with E-state index < -0.39 is 34.6 Å². The number of hydrogen-bond acceptors (Lipinski definition) is 3. The summed E-state index contributed by atoms with van der Waals surface area (Å²) in [5.74, 6) is -5.00. The average molecular weight is 299 g/mol. The van der Waals surface area contributed by atoms with Gasteiger partial charge in [-0.05, 0) is 25.0 Å². The van der Waals surface area contributed by atoms with Gasteiger partial charge in [0.2, 0.25) is 0 Å². The third-order valence-corrected chi connectivity index (χ3v) is 3.75. The molecular formula is C14H15F2NO4. The van der Waals surface area contributed by atoms with Gasteiger partial charge in [-0.3, -0.25) is 4.79 Å². The molecule has 1 saturated carbocycles. The second-order valence-corrected chi connectivity index (χ2v) is 5.07. The fourth-order valence-electron chi connectivity index (χ4n) is 2.60. The van der Waals surface area contributed by atoms with E-state index >= 15 is 0 Å². The summed E-state index contributed by atoms with van der Waals surface area (Å²) in [4.78, 5) is 23.1. The van der Waals surface area contributed by atoms with Gasteiger partial charge in [-0.2, -0.15) is 0 Å². The van der Waals surface area contributed by atoms with Gasteiger partial charge in [0, 0.05) is 18.6 Å². The first-order chi connectivity index (χ1) is 9.93. The number of carbonyl (C=O) groups excluding carboxylic acids is 1. The first-order valence-electron chi connectivity index (χ1n) is 6.58. The van der Waals surface area contributed by atoms with Gasteiger partial charge in [0.15, 0.2) is 11.6 Å². The van der Waals surface area contributed by atoms with Gasteiger partial charge in [0.1, 0.15) is 0 Å². The van der Waals surface area contributed by atoms with Crippen molar-refractivity contribution in [3.8, 4) is 0 Å². The maximum absolute atomic E-state index is 13.3. The van der Waals surface area contributed by atoms with Crippen LogP contribution in [0.5, 0.6) is 0 Å². The lowest BCUT2D eigenvalue weighted by Gasteiger charge is -2.19. The van der Waals surface area contributed by atoms with E-state index in [4.69, 9.17) is 5.11 Å². The predicted octanol–water partition coefficient (Wildman–Crippen LogP) is 1.55. The minimum Gasteiger partial charge on any atom is -0.478 e. The SMILES string of the molecule is O=C(O)c1cc(F)c(F)cc1C(=O)NC1CCCC1CO. The van der Waals surface area contributed by atoms with E-state index in [-0.39, 0.29) is 18.6 Å². The topological polar surface area (TPSA) is 86.6 Å². The Labute approximate surface area is 119 Å². The highest BCUT2D eigenvalue weighted by Crippen LogP contribution is 2.26. The van der Waals surface area contributed by atoms with E-state index in [0.717, 1.165) is 12.8 Å². The summed E-state index contributed by atoms with van der Waals surface area (Å²) in [7, 11) is 0. The van der Waals surface area contributed by atoms with Crippen LogP contribution in [0.25, 0.3) is 0 Å². The summed E-state index contributed by atoms with van der Waals surface area (Å²) in [6.45, 7) is -0.0888. The van der Waals surface area contributed by atoms with Crippen LogP contribution in [0, 0.1) is 17.6 Å². The van der Waals surface area contributed by atoms with Crippen LogP contribution in [0.1, 0.15) is 40.0 Å². The summed E-state index contributed by atoms with van der Waals surface area (Å²) in [5.41, 5.74) is -1.02. The molecular weight excluding hydrogens is 284 g/mol. The molecule has 5 nitrogen and oxygen atoms in total. The Morgan fingerprint density at radius 3 is 2.38 bits per heavy atom. The Balaban J connectivity index is 2.26. The lowest BCUT2D eigenvalue weighted by atomic mass is 10.0. The first-order valence-corrected chi connectivity index (χ1v) is 6.58. The van der Waals surface area contributed by atoms with E-state index in [9.17, 15) is 23.5 Å². The highest BCUT2D eigenvalue weighted by atomic mass is 19.2. The molecule has 0 heterocycles. The summed E-state index contributed by atoms with van der Waals surface area (Å²) in [5, 5.41) is 20.8. The number of rotatable bonds is 4. The van der Waals surface area contributed by atoms with Crippen LogP contribution in [-0.2, 0) is 0 Å². The Morgan fingerprint density at radius 1 is 1.19 bits per heavy atom. The van der Waals surface area contributed by atoms with E-state index in [1.807, 2.05) is 0 Å². The van der Waals surface area contributed by atoms with Crippen molar-refractivity contribution in [2.45, 2.75) is 25.3 Å². The molecule has 114 valence electrons. The second kappa shape index (κ2) is 6.17. The number of aliphatic hydroxyl groups excluding tert-OH is 1. The number of halogens is 2. The van der Waals surface area contributed by atoms with Crippen molar-refractivity contribution in [3.63, 3.8) is 0 Å². The van der Waals surface area contributed by atoms with E-state index in [1.54, 1.807) is 0 Å². The van der Waals surface area contributed by atoms with Crippen LogP contribution < -0.4 is 5.32 Å². The number of nitrogens with one attached hydrogen (secondary N) is 1. The Hall–Kier alpha value is -2.02. The number of carboxylic acid groups (broad SMARTS) is 1. The van der Waals surface area contributed by atoms with Crippen LogP contribution in [-0.4, -0.2) is 34.7 Å². The molecule has 0 saturated heterocycles. The van der Waals surface area contributed by atoms with Crippen LogP contribution in [0.2, 0.25) is 0 Å². The van der Waals surface area contributed by atoms with Gasteiger partial charge in [-0.15, -0.1) is 0 Å². The minimum atomic E-state index is -1.51. The summed E-state index contributed by atoms with van der Waals surface area (Å²) >= 11 is 0. The largest absolute Gasteiger partial charge is 0.478 e. The Bertz CT molecular complexity index is 576. The monoisotopic (exact) mass is 299 g/mol. The second-order valence-electron chi connectivity index (χ2n) is 5.07. The van der Waals surface area contributed by atoms with Crippen molar-refractivity contribution in [2.24, 2.45) is 5.92 Å². The number of carbonyl (C=O) groups is 2. The zero-order chi connectivity index (χ0) is 15.6. The molecule has 0 aliphatic heterocycles. The van der Waals surface area contributed by atoms with Gasteiger partial charge in [0.25, 0.3) is 5.91 Å². The van der Waals surface area contributed by atoms with Crippen LogP contribution in [0.4, 0.5) is 8.78 Å². The van der Waals surface area contributed by atoms with Crippen molar-refractivity contribution < 1.29 is 28.6 Å². The van der Waals surface area contributed by atoms with E-state index in [2.05, 4.69) is 5.32 Å². The molecule has 1 aromatic rings. The third-order valence-electron chi connectivity index (χ3n) is 3.75. The van der Waals surface area contributed by atoms with Gasteiger partial charge in [0.05, 0.1) is 11.1 Å². The van der Waals surface area contributed by atoms with Gasteiger partial charge in [-0.1, -0.05) is 6.42 Å². The smallest absolute Gasteiger partial charge is 0.336 e. The highest BCUT2D eigenvalue weighted by molar-refractivity contribution is 6.04. The average Bonchev–Trinajstić information content (AvgIpc) is 2.88. The maximum Gasteiger partial charge on any atom is 0.336 e. The lowest BCUT2D eigenvalue weighted by Crippen LogP contribution is -2.39. The molecule has 1 fully saturated rings. The molecule has 0 radical (unpaired) electrons. The summed E-state index contributed by atoms with van der Waals surface area (Å²) < 4.78 is 26.4. The number of amides is 1. The number of hydrogen-bond donors (Lipinski definition) is 3. The summed E-state index contributed by atoms with van der Waals surface area (Å²) in [6, 6.07) is 0.777. The molecule has 2 atom stereocenters. The quantitative estimate of drug-likeness (QED) is 0.787. The van der Waals surface area contributed by atoms with Gasteiger partial charge in [-0.25, -0.2) is 13.6 Å². The van der Waals surface area contributed by atoms with Crippen molar-refractivity contribution >= 4 is 11.9 Å². The van der Waals surface area contributed by atoms with Gasteiger partial charge < -0.3 is 15.5 Å². The van der Waals surface area contributed by atoms with Gasteiger partial charge >= 0.3 is 5.97 Å². The highest BCUT2D eigenvalue weighted by Gasteiger charge is 2.29. The number of carboxylic acids is 1. The number of aliphatic hydroxyl groups is 1. The molecule has 21 heavy (non-hydrogen) atoms. The molecule has 7 heteroatoms. The molecule has 0 spiro atoms. The molecule has 3 N–H and O–H groups in total. The molecule has 2 rings (SSSR count). The van der Waals surface area contributed by atoms with Crippen LogP contribution >= 0.6 is 0 Å². The molecule has 1 aliphatic rings. The number of benzene rings is 1. The zero-order valence-electron chi connectivity index (χ0n) is 11.1. The third kappa shape index (κ3) is 3.18.